The van der Waals surface area contributed by atoms with E-state index in [1.807, 2.05) is 36.4 Å². The van der Waals surface area contributed by atoms with Gasteiger partial charge in [0.1, 0.15) is 11.4 Å². The van der Waals surface area contributed by atoms with Gasteiger partial charge < -0.3 is 15.2 Å². The molecule has 2 aromatic rings. The molecule has 2 spiro atoms. The number of hydroxylamine groups is 2. The Bertz CT molecular complexity index is 1020. The van der Waals surface area contributed by atoms with Crippen molar-refractivity contribution in [3.8, 4) is 22.9 Å². The first-order valence-electron chi connectivity index (χ1n) is 9.23. The first kappa shape index (κ1) is 17.0. The number of ether oxygens (including phenoxy) is 2. The molecule has 2 N–H and O–H groups in total. The maximum Gasteiger partial charge on any atom is 0.222 e. The van der Waals surface area contributed by atoms with Gasteiger partial charge in [0.05, 0.1) is 30.4 Å². The number of guanidine groups is 1. The number of aliphatic imine (C=N–C) groups is 1. The van der Waals surface area contributed by atoms with Crippen LogP contribution in [0.2, 0.25) is 0 Å². The number of benzene rings is 2. The van der Waals surface area contributed by atoms with E-state index < -0.39 is 11.3 Å². The van der Waals surface area contributed by atoms with Crippen molar-refractivity contribution in [1.82, 2.24) is 5.06 Å². The van der Waals surface area contributed by atoms with E-state index in [2.05, 4.69) is 6.07 Å². The summed E-state index contributed by atoms with van der Waals surface area (Å²) in [6, 6.07) is 15.6. The molecule has 0 aliphatic carbocycles. The Hall–Kier alpha value is -3.08. The van der Waals surface area contributed by atoms with Crippen molar-refractivity contribution in [3.63, 3.8) is 0 Å². The van der Waals surface area contributed by atoms with Crippen molar-refractivity contribution in [3.05, 3.63) is 53.6 Å². The third-order valence-corrected chi connectivity index (χ3v) is 5.59. The van der Waals surface area contributed by atoms with Crippen LogP contribution in [0.5, 0.6) is 5.75 Å². The Labute approximate surface area is 162 Å². The van der Waals surface area contributed by atoms with Crippen molar-refractivity contribution in [2.24, 2.45) is 10.7 Å². The van der Waals surface area contributed by atoms with Gasteiger partial charge in [0.15, 0.2) is 0 Å². The van der Waals surface area contributed by atoms with Crippen LogP contribution in [0.4, 0.5) is 0 Å². The molecule has 3 aliphatic heterocycles. The first-order chi connectivity index (χ1) is 13.5. The summed E-state index contributed by atoms with van der Waals surface area (Å²) >= 11 is 0. The van der Waals surface area contributed by atoms with Gasteiger partial charge in [0, 0.05) is 19.9 Å². The molecule has 28 heavy (non-hydrogen) atoms. The molecule has 1 unspecified atom stereocenters. The zero-order valence-electron chi connectivity index (χ0n) is 15.5. The largest absolute Gasteiger partial charge is 0.484 e. The average molecular weight is 376 g/mol. The summed E-state index contributed by atoms with van der Waals surface area (Å²) in [5.41, 5.74) is 8.00. The van der Waals surface area contributed by atoms with Gasteiger partial charge in [0.2, 0.25) is 11.7 Å². The molecule has 2 atom stereocenters. The van der Waals surface area contributed by atoms with Crippen molar-refractivity contribution in [1.29, 1.82) is 5.26 Å². The number of nitriles is 1. The summed E-state index contributed by atoms with van der Waals surface area (Å²) in [4.78, 5) is 10.9. The number of nitrogens with zero attached hydrogens (tertiary/aromatic N) is 3. The minimum Gasteiger partial charge on any atom is -0.484 e. The highest BCUT2D eigenvalue weighted by Crippen LogP contribution is 2.52. The molecular formula is C21H20N4O3. The van der Waals surface area contributed by atoms with Crippen LogP contribution in [0.3, 0.4) is 0 Å². The van der Waals surface area contributed by atoms with E-state index in [1.165, 1.54) is 5.06 Å². The molecule has 7 nitrogen and oxygen atoms in total. The molecule has 0 amide bonds. The van der Waals surface area contributed by atoms with E-state index in [0.29, 0.717) is 31.2 Å². The molecule has 7 heteroatoms. The summed E-state index contributed by atoms with van der Waals surface area (Å²) in [6.45, 7) is 1.15. The predicted octanol–water partition coefficient (Wildman–Crippen LogP) is 2.51. The third-order valence-electron chi connectivity index (χ3n) is 5.59. The lowest BCUT2D eigenvalue weighted by Gasteiger charge is -2.42. The van der Waals surface area contributed by atoms with Gasteiger partial charge in [-0.05, 0) is 35.4 Å². The Balaban J connectivity index is 1.65. The number of rotatable bonds is 1. The summed E-state index contributed by atoms with van der Waals surface area (Å²) < 4.78 is 12.0. The Morgan fingerprint density at radius 1 is 1.21 bits per heavy atom. The van der Waals surface area contributed by atoms with E-state index in [9.17, 15) is 5.26 Å². The van der Waals surface area contributed by atoms with Gasteiger partial charge in [-0.1, -0.05) is 18.2 Å². The molecule has 0 radical (unpaired) electrons. The highest BCUT2D eigenvalue weighted by molar-refractivity contribution is 5.79. The smallest absolute Gasteiger partial charge is 0.222 e. The standard InChI is InChI=1S/C21H20N4O3/c1-25-19(23)24-21(28-25)12-20(7-8-26-13-20)27-18-6-5-16(10-17(18)21)15-4-2-3-14(9-15)11-22/h2-6,9-10H,7-8,12-13H2,1H3,(H2,23,24)/t20-,21?/m0/s1. The van der Waals surface area contributed by atoms with Crippen molar-refractivity contribution in [2.75, 3.05) is 20.3 Å². The predicted molar refractivity (Wildman–Crippen MR) is 102 cm³/mol. The molecule has 0 bridgehead atoms. The van der Waals surface area contributed by atoms with Crippen molar-refractivity contribution >= 4 is 5.96 Å². The summed E-state index contributed by atoms with van der Waals surface area (Å²) in [7, 11) is 1.75. The second kappa shape index (κ2) is 5.96. The zero-order chi connectivity index (χ0) is 19.4. The molecule has 3 aliphatic rings. The van der Waals surface area contributed by atoms with Crippen LogP contribution in [0.1, 0.15) is 24.0 Å². The highest BCUT2D eigenvalue weighted by Gasteiger charge is 2.55. The summed E-state index contributed by atoms with van der Waals surface area (Å²) in [6.07, 6.45) is 1.31. The van der Waals surface area contributed by atoms with Crippen molar-refractivity contribution in [2.45, 2.75) is 24.2 Å². The lowest BCUT2D eigenvalue weighted by molar-refractivity contribution is -0.203. The van der Waals surface area contributed by atoms with E-state index in [-0.39, 0.29) is 0 Å². The summed E-state index contributed by atoms with van der Waals surface area (Å²) in [5, 5.41) is 10.7. The third kappa shape index (κ3) is 2.53. The molecule has 5 rings (SSSR count). The van der Waals surface area contributed by atoms with Gasteiger partial charge in [-0.25, -0.2) is 14.9 Å². The minimum atomic E-state index is -0.942. The van der Waals surface area contributed by atoms with Gasteiger partial charge in [0.25, 0.3) is 0 Å². The van der Waals surface area contributed by atoms with E-state index in [4.69, 9.17) is 25.0 Å². The van der Waals surface area contributed by atoms with Crippen LogP contribution in [-0.2, 0) is 15.3 Å². The van der Waals surface area contributed by atoms with Gasteiger partial charge in [-0.3, -0.25) is 0 Å². The maximum atomic E-state index is 9.21. The minimum absolute atomic E-state index is 0.332. The zero-order valence-corrected chi connectivity index (χ0v) is 15.5. The second-order valence-electron chi connectivity index (χ2n) is 7.51. The van der Waals surface area contributed by atoms with Crippen LogP contribution in [0.25, 0.3) is 11.1 Å². The second-order valence-corrected chi connectivity index (χ2v) is 7.51. The lowest BCUT2D eigenvalue weighted by Crippen LogP contribution is -2.49. The normalized spacial score (nSPS) is 28.1. The Kier molecular flexibility index (Phi) is 3.63. The highest BCUT2D eigenvalue weighted by atomic mass is 16.7. The number of fused-ring (bicyclic) bond motifs is 2. The maximum absolute atomic E-state index is 9.21. The van der Waals surface area contributed by atoms with Crippen LogP contribution >= 0.6 is 0 Å². The molecular weight excluding hydrogens is 356 g/mol. The lowest BCUT2D eigenvalue weighted by atomic mass is 9.83. The fourth-order valence-electron chi connectivity index (χ4n) is 4.21. The monoisotopic (exact) mass is 376 g/mol. The van der Waals surface area contributed by atoms with Crippen LogP contribution in [-0.4, -0.2) is 36.9 Å². The Morgan fingerprint density at radius 3 is 2.79 bits per heavy atom. The quantitative estimate of drug-likeness (QED) is 0.822. The molecule has 2 aromatic carbocycles. The van der Waals surface area contributed by atoms with Crippen molar-refractivity contribution < 1.29 is 14.3 Å². The van der Waals surface area contributed by atoms with Gasteiger partial charge in [-0.15, -0.1) is 0 Å². The molecule has 3 heterocycles. The summed E-state index contributed by atoms with van der Waals surface area (Å²) in [5.74, 6) is 1.06. The van der Waals surface area contributed by atoms with E-state index in [0.717, 1.165) is 28.9 Å². The fourth-order valence-corrected chi connectivity index (χ4v) is 4.21. The first-order valence-corrected chi connectivity index (χ1v) is 9.23. The van der Waals surface area contributed by atoms with Crippen LogP contribution in [0, 0.1) is 11.3 Å². The molecule has 142 valence electrons. The van der Waals surface area contributed by atoms with Crippen LogP contribution in [0.15, 0.2) is 47.5 Å². The average Bonchev–Trinajstić information content (AvgIpc) is 3.26. The SMILES string of the molecule is CN1OC2(C[C@]3(CCOC3)Oc3ccc(-c4cccc(C#N)c4)cc32)N=C1N. The molecule has 0 aromatic heterocycles. The fraction of sp³-hybridized carbons (Fsp3) is 0.333. The van der Waals surface area contributed by atoms with Gasteiger partial charge >= 0.3 is 0 Å². The molecule has 1 saturated heterocycles. The van der Waals surface area contributed by atoms with E-state index >= 15 is 0 Å². The van der Waals surface area contributed by atoms with Crippen LogP contribution < -0.4 is 10.5 Å². The number of hydrogen-bond donors (Lipinski definition) is 1. The van der Waals surface area contributed by atoms with Gasteiger partial charge in [-0.2, -0.15) is 5.26 Å². The number of nitrogens with two attached hydrogens (primary N) is 1. The topological polar surface area (TPSA) is 93.1 Å². The van der Waals surface area contributed by atoms with E-state index in [1.54, 1.807) is 13.1 Å². The molecule has 0 saturated carbocycles. The number of hydrogen-bond acceptors (Lipinski definition) is 7. The molecule has 1 fully saturated rings. The Morgan fingerprint density at radius 2 is 2.07 bits per heavy atom.